The lowest BCUT2D eigenvalue weighted by atomic mass is 9.81. The van der Waals surface area contributed by atoms with Crippen LogP contribution in [0.5, 0.6) is 34.5 Å². The number of aromatic nitrogens is 6. The minimum absolute atomic E-state index is 0.0374. The standard InChI is InChI=1S/C72H81Cl3N6O12S3.3H2O4S/c1-70(2,3)55-28-43-22-49-34-58(94(73,82)83)36-51(64(49)88-13)24-45-30-56(71(4,5)6)32-47(68(45)92-41-62-77-17-20-80(62)11)26-53-38-60(96(75,86)87)39-54(66(53)90-15)27-48-33-57(72(7,8)9)31-46(69(48)93-42-63-78-18-21-81(63)12)25-52-37-59(95(74,84)85)35-50(65(52)89-14)23-44(29-55)67(43)91-40-61-76-16-19-79(61)10;3*1-5(2,3)4/h16-21,28-39H,22-27,40-42H2,1-15H3;3*(H2,1,2,3,4). The molecule has 9 aromatic rings. The van der Waals surface area contributed by atoms with Crippen molar-refractivity contribution in [3.8, 4) is 34.5 Å². The van der Waals surface area contributed by atoms with Gasteiger partial charge in [-0.3, -0.25) is 13.7 Å². The molecular weight excluding hydrogens is 1630 g/mol. The highest BCUT2D eigenvalue weighted by atomic mass is 35.7. The minimum atomic E-state index is -4.92. The predicted molar refractivity (Wildman–Crippen MR) is 406 cm³/mol. The van der Waals surface area contributed by atoms with Crippen molar-refractivity contribution in [1.82, 2.24) is 15.0 Å². The molecule has 1 aliphatic carbocycles. The number of aryl methyl sites for hydroxylation is 3. The van der Waals surface area contributed by atoms with E-state index >= 15 is 0 Å². The number of aromatic amines is 3. The van der Waals surface area contributed by atoms with Crippen LogP contribution in [0.3, 0.4) is 0 Å². The SMILES string of the molecule is COc1c2cc(S(=O)(=O)Cl)cc1Cc1cc(C(C)(C)C)cc(c1OCc1[nH]cc[n+]1C)Cc1cc(S(=O)(=O)Cl)cc(c1OC)Cc1cc(C(C)(C)C)cc(c1OCc1[nH]cc[n+]1C)Cc1cc(S(=O)(=O)Cl)cc(c1OC)Cc1cc(C(C)(C)C)cc(c1OCc1[nH]cc[n+]1C)C2.O=S(=O)([O-])O.O=S(=O)([O-])O.O=S(=O)([O-])O. The maximum Gasteiger partial charge on any atom is 0.292 e. The molecule has 0 fully saturated rings. The Hall–Kier alpha value is -7.92. The largest absolute Gasteiger partial charge is 0.726 e. The van der Waals surface area contributed by atoms with Gasteiger partial charge in [0.1, 0.15) is 71.7 Å². The molecule has 1 aliphatic rings. The molecule has 606 valence electrons. The Morgan fingerprint density at radius 1 is 0.342 bits per heavy atom. The van der Waals surface area contributed by atoms with Crippen molar-refractivity contribution >= 4 is 90.4 Å². The monoisotopic (exact) mass is 1720 g/mol. The van der Waals surface area contributed by atoms with Crippen LogP contribution in [0.1, 0.15) is 163 Å². The van der Waals surface area contributed by atoms with Gasteiger partial charge in [-0.15, -0.1) is 0 Å². The van der Waals surface area contributed by atoms with Crippen LogP contribution in [0.15, 0.2) is 125 Å². The second-order valence-corrected chi connectivity index (χ2v) is 39.3. The molecule has 6 N–H and O–H groups in total. The third-order valence-corrected chi connectivity index (χ3v) is 21.7. The number of hydrogen-bond donors (Lipinski definition) is 6. The molecular formula is C72H87Cl3N6O24S6. The van der Waals surface area contributed by atoms with E-state index in [0.29, 0.717) is 101 Å². The quantitative estimate of drug-likeness (QED) is 0.0241. The maximum atomic E-state index is 14.0. The lowest BCUT2D eigenvalue weighted by Crippen LogP contribution is -2.31. The van der Waals surface area contributed by atoms with Crippen molar-refractivity contribution in [2.45, 2.75) is 152 Å². The summed E-state index contributed by atoms with van der Waals surface area (Å²) < 4.78 is 229. The molecule has 0 saturated heterocycles. The number of H-pyrrole nitrogens is 3. The lowest BCUT2D eigenvalue weighted by Gasteiger charge is -2.27. The maximum absolute atomic E-state index is 14.0. The van der Waals surface area contributed by atoms with E-state index in [9.17, 15) is 25.3 Å². The van der Waals surface area contributed by atoms with Gasteiger partial charge in [0, 0.05) is 104 Å². The molecule has 0 radical (unpaired) electrons. The summed E-state index contributed by atoms with van der Waals surface area (Å²) >= 11 is 0. The van der Waals surface area contributed by atoms with Gasteiger partial charge in [-0.05, 0) is 103 Å². The van der Waals surface area contributed by atoms with Gasteiger partial charge in [0.05, 0.1) is 57.2 Å². The van der Waals surface area contributed by atoms with Gasteiger partial charge in [0.25, 0.3) is 44.6 Å². The Labute approximate surface area is 660 Å². The number of nitrogens with one attached hydrogen (secondary N) is 3. The van der Waals surface area contributed by atoms with Crippen LogP contribution in [-0.2, 0) is 154 Å². The zero-order chi connectivity index (χ0) is 83.3. The van der Waals surface area contributed by atoms with Gasteiger partial charge in [-0.1, -0.05) is 98.7 Å². The third-order valence-electron chi connectivity index (χ3n) is 17.7. The van der Waals surface area contributed by atoms with E-state index in [1.165, 1.54) is 57.7 Å². The first-order chi connectivity index (χ1) is 50.9. The first-order valence-corrected chi connectivity index (χ1v) is 44.3. The van der Waals surface area contributed by atoms with E-state index in [1.54, 1.807) is 18.6 Å². The molecule has 3 heterocycles. The summed E-state index contributed by atoms with van der Waals surface area (Å²) in [6.45, 7) is 18.9. The van der Waals surface area contributed by atoms with Gasteiger partial charge >= 0.3 is 0 Å². The smallest absolute Gasteiger partial charge is 0.292 e. The molecule has 0 unspecified atom stereocenters. The van der Waals surface area contributed by atoms with Crippen LogP contribution in [0.4, 0.5) is 0 Å². The topological polar surface area (TPSA) is 449 Å². The lowest BCUT2D eigenvalue weighted by molar-refractivity contribution is -0.679. The highest BCUT2D eigenvalue weighted by Gasteiger charge is 2.32. The van der Waals surface area contributed by atoms with Crippen LogP contribution in [0, 0.1) is 0 Å². The van der Waals surface area contributed by atoms with E-state index in [4.69, 9.17) is 113 Å². The zero-order valence-electron chi connectivity index (χ0n) is 63.1. The number of fused-ring (bicyclic) bond motifs is 12. The molecule has 12 bridgehead atoms. The Kier molecular flexibility index (Phi) is 28.6. The Morgan fingerprint density at radius 2 is 0.505 bits per heavy atom. The number of halogens is 3. The van der Waals surface area contributed by atoms with Crippen molar-refractivity contribution in [2.75, 3.05) is 21.3 Å². The van der Waals surface area contributed by atoms with Gasteiger partial charge in [-0.25, -0.2) is 79.2 Å². The first kappa shape index (κ1) is 90.3. The number of hydrogen-bond acceptors (Lipinski definition) is 21. The van der Waals surface area contributed by atoms with Crippen LogP contribution in [0.2, 0.25) is 0 Å². The van der Waals surface area contributed by atoms with Crippen LogP contribution < -0.4 is 42.1 Å². The fourth-order valence-corrected chi connectivity index (χ4v) is 15.0. The highest BCUT2D eigenvalue weighted by Crippen LogP contribution is 2.46. The van der Waals surface area contributed by atoms with E-state index in [0.717, 1.165) is 34.2 Å². The average molecular weight is 1720 g/mol. The number of nitrogens with zero attached hydrogens (tertiary/aromatic N) is 3. The number of methoxy groups -OCH3 is 3. The van der Waals surface area contributed by atoms with Crippen LogP contribution in [0.25, 0.3) is 0 Å². The predicted octanol–water partition coefficient (Wildman–Crippen LogP) is 9.45. The Morgan fingerprint density at radius 3 is 0.631 bits per heavy atom. The summed E-state index contributed by atoms with van der Waals surface area (Å²) in [5.74, 6) is 4.59. The molecule has 3 aromatic heterocycles. The number of benzene rings is 6. The number of ether oxygens (including phenoxy) is 6. The molecule has 10 rings (SSSR count). The zero-order valence-corrected chi connectivity index (χ0v) is 70.3. The summed E-state index contributed by atoms with van der Waals surface area (Å²) in [6.07, 6.45) is 11.2. The summed E-state index contributed by atoms with van der Waals surface area (Å²) in [4.78, 5) is 9.30. The molecule has 0 amide bonds. The van der Waals surface area contributed by atoms with Gasteiger partial charge in [0.15, 0.2) is 19.8 Å². The van der Waals surface area contributed by atoms with Crippen molar-refractivity contribution in [2.24, 2.45) is 21.1 Å². The molecule has 0 saturated carbocycles. The van der Waals surface area contributed by atoms with Crippen LogP contribution in [-0.4, -0.2) is 114 Å². The molecule has 0 atom stereocenters. The van der Waals surface area contributed by atoms with E-state index in [-0.39, 0.29) is 73.0 Å². The summed E-state index contributed by atoms with van der Waals surface area (Å²) in [6, 6.07) is 21.4. The van der Waals surface area contributed by atoms with Crippen molar-refractivity contribution in [3.05, 3.63) is 211 Å². The van der Waals surface area contributed by atoms with Crippen LogP contribution >= 0.6 is 32.0 Å². The molecule has 0 aliphatic heterocycles. The summed E-state index contributed by atoms with van der Waals surface area (Å²) in [7, 11) is 1.55. The van der Waals surface area contributed by atoms with E-state index < -0.39 is 74.6 Å². The molecule has 39 heteroatoms. The van der Waals surface area contributed by atoms with Gasteiger partial charge < -0.3 is 42.1 Å². The molecule has 30 nitrogen and oxygen atoms in total. The fourth-order valence-electron chi connectivity index (χ4n) is 12.5. The van der Waals surface area contributed by atoms with Gasteiger partial charge in [0.2, 0.25) is 31.2 Å². The Balaban J connectivity index is 0.00000104. The number of rotatable bonds is 15. The normalized spacial score (nSPS) is 13.2. The van der Waals surface area contributed by atoms with Crippen molar-refractivity contribution in [3.63, 3.8) is 0 Å². The van der Waals surface area contributed by atoms with Crippen molar-refractivity contribution in [1.29, 1.82) is 0 Å². The van der Waals surface area contributed by atoms with E-state index in [2.05, 4.69) is 77.3 Å². The van der Waals surface area contributed by atoms with E-state index in [1.807, 2.05) is 89.8 Å². The Bertz CT molecular complexity index is 4950. The summed E-state index contributed by atoms with van der Waals surface area (Å²) in [5.41, 5.74) is 7.76. The molecule has 111 heavy (non-hydrogen) atoms. The highest BCUT2D eigenvalue weighted by molar-refractivity contribution is 8.14. The third kappa shape index (κ3) is 25.8. The van der Waals surface area contributed by atoms with Crippen molar-refractivity contribution < 1.29 is 120 Å². The first-order valence-electron chi connectivity index (χ1n) is 33.3. The fraction of sp³-hybridized carbons (Fsp3) is 0.375. The second-order valence-electron chi connectivity index (χ2n) is 29.0. The average Bonchev–Trinajstić information content (AvgIpc) is 1.14. The summed E-state index contributed by atoms with van der Waals surface area (Å²) in [5, 5.41) is 0. The van der Waals surface area contributed by atoms with Gasteiger partial charge in [-0.2, -0.15) is 0 Å². The molecule has 0 spiro atoms. The minimum Gasteiger partial charge on any atom is -0.726 e. The second kappa shape index (κ2) is 35.2. The molecule has 6 aromatic carbocycles. The number of imidazole rings is 3.